The first kappa shape index (κ1) is 24.2. The van der Waals surface area contributed by atoms with Gasteiger partial charge in [0.1, 0.15) is 6.04 Å². The van der Waals surface area contributed by atoms with E-state index in [4.69, 9.17) is 0 Å². The zero-order valence-corrected chi connectivity index (χ0v) is 21.3. The molecule has 3 aliphatic heterocycles. The molecule has 1 unspecified atom stereocenters. The van der Waals surface area contributed by atoms with E-state index >= 15 is 0 Å². The third-order valence-corrected chi connectivity index (χ3v) is 9.58. The van der Waals surface area contributed by atoms with Gasteiger partial charge < -0.3 is 14.9 Å². The van der Waals surface area contributed by atoms with Gasteiger partial charge in [-0.1, -0.05) is 6.07 Å². The summed E-state index contributed by atoms with van der Waals surface area (Å²) in [6.45, 7) is 3.45. The van der Waals surface area contributed by atoms with Crippen LogP contribution in [0.3, 0.4) is 0 Å². The van der Waals surface area contributed by atoms with Crippen LogP contribution in [-0.4, -0.2) is 74.2 Å². The number of imide groups is 1. The fourth-order valence-electron chi connectivity index (χ4n) is 7.24. The lowest BCUT2D eigenvalue weighted by Crippen LogP contribution is -2.56. The molecule has 198 valence electrons. The van der Waals surface area contributed by atoms with E-state index in [1.807, 2.05) is 6.07 Å². The van der Waals surface area contributed by atoms with Crippen LogP contribution in [0.1, 0.15) is 68.9 Å². The molecular formula is C27H35N5O5. The summed E-state index contributed by atoms with van der Waals surface area (Å²) in [6.07, 6.45) is 6.28. The highest BCUT2D eigenvalue weighted by molar-refractivity contribution is 6.00. The van der Waals surface area contributed by atoms with Gasteiger partial charge in [0, 0.05) is 32.6 Å². The fourth-order valence-corrected chi connectivity index (χ4v) is 7.24. The van der Waals surface area contributed by atoms with Crippen LogP contribution >= 0.6 is 0 Å². The average molecular weight is 510 g/mol. The van der Waals surface area contributed by atoms with Crippen molar-refractivity contribution in [2.45, 2.75) is 69.4 Å². The monoisotopic (exact) mass is 509 g/mol. The van der Waals surface area contributed by atoms with Crippen molar-refractivity contribution in [3.63, 3.8) is 0 Å². The number of rotatable bonds is 3. The van der Waals surface area contributed by atoms with Crippen LogP contribution in [0, 0.1) is 5.41 Å². The predicted molar refractivity (Wildman–Crippen MR) is 136 cm³/mol. The van der Waals surface area contributed by atoms with Gasteiger partial charge in [-0.2, -0.15) is 0 Å². The molecule has 1 aromatic carbocycles. The smallest absolute Gasteiger partial charge is 0.407 e. The Balaban J connectivity index is 1.10. The van der Waals surface area contributed by atoms with Crippen LogP contribution in [-0.2, 0) is 16.6 Å². The molecule has 1 saturated carbocycles. The number of benzene rings is 1. The largest absolute Gasteiger partial charge is 0.465 e. The summed E-state index contributed by atoms with van der Waals surface area (Å²) in [5.41, 5.74) is 2.90. The van der Waals surface area contributed by atoms with Crippen molar-refractivity contribution in [1.82, 2.24) is 24.3 Å². The summed E-state index contributed by atoms with van der Waals surface area (Å²) in [4.78, 5) is 52.5. The molecule has 2 aromatic rings. The highest BCUT2D eigenvalue weighted by Gasteiger charge is 2.48. The molecule has 10 heteroatoms. The van der Waals surface area contributed by atoms with E-state index in [9.17, 15) is 24.3 Å². The zero-order chi connectivity index (χ0) is 25.9. The number of amides is 3. The van der Waals surface area contributed by atoms with Gasteiger partial charge in [-0.15, -0.1) is 0 Å². The Morgan fingerprint density at radius 2 is 1.70 bits per heavy atom. The molecule has 4 heterocycles. The van der Waals surface area contributed by atoms with Crippen LogP contribution in [0.25, 0.3) is 11.0 Å². The number of nitrogens with one attached hydrogen (secondary N) is 1. The first-order valence-corrected chi connectivity index (χ1v) is 13.5. The second-order valence-corrected chi connectivity index (χ2v) is 11.6. The summed E-state index contributed by atoms with van der Waals surface area (Å²) < 4.78 is 3.15. The van der Waals surface area contributed by atoms with Crippen molar-refractivity contribution < 1.29 is 19.5 Å². The lowest BCUT2D eigenvalue weighted by atomic mass is 9.59. The van der Waals surface area contributed by atoms with E-state index in [0.29, 0.717) is 36.9 Å². The summed E-state index contributed by atoms with van der Waals surface area (Å²) in [5, 5.41) is 11.6. The molecule has 6 rings (SSSR count). The average Bonchev–Trinajstić information content (AvgIpc) is 3.12. The first-order chi connectivity index (χ1) is 17.7. The minimum absolute atomic E-state index is 0.232. The van der Waals surface area contributed by atoms with Crippen molar-refractivity contribution in [1.29, 1.82) is 0 Å². The minimum Gasteiger partial charge on any atom is -0.465 e. The Kier molecular flexibility index (Phi) is 5.89. The molecule has 4 fully saturated rings. The second-order valence-electron chi connectivity index (χ2n) is 11.6. The van der Waals surface area contributed by atoms with E-state index in [0.717, 1.165) is 49.8 Å². The highest BCUT2D eigenvalue weighted by atomic mass is 16.4. The number of nitrogens with zero attached hydrogens (tertiary/aromatic N) is 4. The van der Waals surface area contributed by atoms with Gasteiger partial charge >= 0.3 is 11.8 Å². The number of carbonyl (C=O) groups excluding carboxylic acids is 2. The normalized spacial score (nSPS) is 25.4. The number of carbonyl (C=O) groups is 3. The number of aromatic nitrogens is 2. The van der Waals surface area contributed by atoms with Crippen molar-refractivity contribution in [2.75, 3.05) is 26.2 Å². The molecule has 4 aliphatic rings. The molecule has 0 bridgehead atoms. The van der Waals surface area contributed by atoms with Gasteiger partial charge in [0.15, 0.2) is 0 Å². The molecule has 10 nitrogen and oxygen atoms in total. The number of imidazole rings is 1. The number of hydrogen-bond donors (Lipinski definition) is 2. The Morgan fingerprint density at radius 3 is 2.35 bits per heavy atom. The molecule has 1 aliphatic carbocycles. The molecular weight excluding hydrogens is 474 g/mol. The van der Waals surface area contributed by atoms with Gasteiger partial charge in [0.2, 0.25) is 11.8 Å². The molecule has 3 amide bonds. The quantitative estimate of drug-likeness (QED) is 0.614. The number of piperidine rings is 3. The summed E-state index contributed by atoms with van der Waals surface area (Å²) in [6, 6.07) is 6.11. The summed E-state index contributed by atoms with van der Waals surface area (Å²) >= 11 is 0. The van der Waals surface area contributed by atoms with E-state index in [-0.39, 0.29) is 18.0 Å². The minimum atomic E-state index is -0.793. The number of carboxylic acid groups (broad SMARTS) is 1. The number of hydrogen-bond acceptors (Lipinski definition) is 5. The predicted octanol–water partition coefficient (Wildman–Crippen LogP) is 2.42. The Bertz CT molecular complexity index is 1300. The van der Waals surface area contributed by atoms with Gasteiger partial charge in [-0.3, -0.25) is 24.0 Å². The zero-order valence-electron chi connectivity index (χ0n) is 21.3. The topological polar surface area (TPSA) is 117 Å². The molecule has 2 N–H and O–H groups in total. The van der Waals surface area contributed by atoms with Gasteiger partial charge in [0.05, 0.1) is 11.0 Å². The van der Waals surface area contributed by atoms with Gasteiger partial charge in [-0.05, 0) is 87.1 Å². The summed E-state index contributed by atoms with van der Waals surface area (Å²) in [7, 11) is 1.74. The van der Waals surface area contributed by atoms with Crippen LogP contribution in [0.4, 0.5) is 4.79 Å². The van der Waals surface area contributed by atoms with Crippen LogP contribution in [0.2, 0.25) is 0 Å². The van der Waals surface area contributed by atoms with Gasteiger partial charge in [-0.25, -0.2) is 9.59 Å². The maximum absolute atomic E-state index is 13.1. The van der Waals surface area contributed by atoms with Crippen molar-refractivity contribution >= 4 is 28.9 Å². The molecule has 37 heavy (non-hydrogen) atoms. The SMILES string of the molecule is Cn1c(=O)n(C2CCC(=O)NC2=O)c2ccc(C3CCN(C4CC5(CCN(C(=O)O)CC5)C4)CC3)cc21. The molecule has 1 spiro atoms. The highest BCUT2D eigenvalue weighted by Crippen LogP contribution is 2.51. The molecule has 1 atom stereocenters. The number of aryl methyl sites for hydroxylation is 1. The van der Waals surface area contributed by atoms with Crippen LogP contribution in [0.15, 0.2) is 23.0 Å². The molecule has 1 aromatic heterocycles. The van der Waals surface area contributed by atoms with E-state index < -0.39 is 18.0 Å². The van der Waals surface area contributed by atoms with Crippen LogP contribution in [0.5, 0.6) is 0 Å². The Hall–Kier alpha value is -3.14. The summed E-state index contributed by atoms with van der Waals surface area (Å²) in [5.74, 6) is -0.265. The fraction of sp³-hybridized carbons (Fsp3) is 0.630. The maximum Gasteiger partial charge on any atom is 0.407 e. The Labute approximate surface area is 215 Å². The Morgan fingerprint density at radius 1 is 1.00 bits per heavy atom. The molecule has 3 saturated heterocycles. The maximum atomic E-state index is 13.1. The standard InChI is InChI=1S/C27H35N5O5/c1-29-22-14-18(2-3-20(22)32(25(29)35)21-4-5-23(33)28-24(21)34)17-6-10-30(11-7-17)19-15-27(16-19)8-12-31(13-9-27)26(36)37/h2-3,14,17,19,21H,4-13,15-16H2,1H3,(H,36,37)(H,28,33,34). The lowest BCUT2D eigenvalue weighted by Gasteiger charge is -2.56. The van der Waals surface area contributed by atoms with Crippen LogP contribution < -0.4 is 11.0 Å². The third-order valence-electron chi connectivity index (χ3n) is 9.58. The van der Waals surface area contributed by atoms with Crippen molar-refractivity contribution in [3.8, 4) is 0 Å². The van der Waals surface area contributed by atoms with Crippen molar-refractivity contribution in [3.05, 3.63) is 34.2 Å². The number of fused-ring (bicyclic) bond motifs is 1. The first-order valence-electron chi connectivity index (χ1n) is 13.5. The lowest BCUT2D eigenvalue weighted by molar-refractivity contribution is -0.135. The van der Waals surface area contributed by atoms with Crippen molar-refractivity contribution in [2.24, 2.45) is 12.5 Å². The molecule has 0 radical (unpaired) electrons. The van der Waals surface area contributed by atoms with E-state index in [2.05, 4.69) is 22.3 Å². The number of likely N-dealkylation sites (tertiary alicyclic amines) is 2. The van der Waals surface area contributed by atoms with E-state index in [1.54, 1.807) is 16.5 Å². The van der Waals surface area contributed by atoms with E-state index in [1.165, 1.54) is 23.0 Å². The second kappa shape index (κ2) is 9.01. The van der Waals surface area contributed by atoms with Gasteiger partial charge in [0.25, 0.3) is 0 Å². The third kappa shape index (κ3) is 4.15.